The van der Waals surface area contributed by atoms with E-state index in [1.165, 1.54) is 37.8 Å². The zero-order valence-electron chi connectivity index (χ0n) is 16.9. The maximum absolute atomic E-state index is 13.1. The number of hydrogen-bond acceptors (Lipinski definition) is 3. The van der Waals surface area contributed by atoms with E-state index in [-0.39, 0.29) is 29.8 Å². The van der Waals surface area contributed by atoms with E-state index < -0.39 is 0 Å². The SMILES string of the molecule is CCNC(=NCCc1coc(-c2ccc(F)cc2)n1)N1CC2CCCCC2C1.I. The number of halogens is 2. The van der Waals surface area contributed by atoms with E-state index in [9.17, 15) is 4.39 Å². The van der Waals surface area contributed by atoms with Gasteiger partial charge >= 0.3 is 0 Å². The molecule has 2 heterocycles. The highest BCUT2D eigenvalue weighted by molar-refractivity contribution is 14.0. The summed E-state index contributed by atoms with van der Waals surface area (Å²) in [5.74, 6) is 2.97. The summed E-state index contributed by atoms with van der Waals surface area (Å²) >= 11 is 0. The first kappa shape index (κ1) is 22.1. The zero-order chi connectivity index (χ0) is 19.3. The first-order valence-corrected chi connectivity index (χ1v) is 10.5. The third-order valence-corrected chi connectivity index (χ3v) is 5.88. The summed E-state index contributed by atoms with van der Waals surface area (Å²) in [5, 5.41) is 3.45. The first-order chi connectivity index (χ1) is 13.7. The fourth-order valence-electron chi connectivity index (χ4n) is 4.43. The Morgan fingerprint density at radius 3 is 2.55 bits per heavy atom. The summed E-state index contributed by atoms with van der Waals surface area (Å²) in [5.41, 5.74) is 1.65. The minimum atomic E-state index is -0.262. The molecule has 0 radical (unpaired) electrons. The van der Waals surface area contributed by atoms with Gasteiger partial charge in [0.2, 0.25) is 5.89 Å². The fourth-order valence-corrected chi connectivity index (χ4v) is 4.43. The van der Waals surface area contributed by atoms with Crippen molar-refractivity contribution >= 4 is 29.9 Å². The lowest BCUT2D eigenvalue weighted by Crippen LogP contribution is -2.40. The van der Waals surface area contributed by atoms with Crippen molar-refractivity contribution < 1.29 is 8.81 Å². The molecule has 1 saturated carbocycles. The third kappa shape index (κ3) is 5.49. The van der Waals surface area contributed by atoms with Gasteiger partial charge in [0.1, 0.15) is 12.1 Å². The Balaban J connectivity index is 0.00000240. The molecule has 0 bridgehead atoms. The van der Waals surface area contributed by atoms with Gasteiger partial charge in [0.05, 0.1) is 5.69 Å². The van der Waals surface area contributed by atoms with Gasteiger partial charge in [-0.25, -0.2) is 9.37 Å². The molecular weight excluding hydrogens is 482 g/mol. The quantitative estimate of drug-likeness (QED) is 0.358. The highest BCUT2D eigenvalue weighted by atomic mass is 127. The van der Waals surface area contributed by atoms with Gasteiger partial charge in [-0.3, -0.25) is 4.99 Å². The smallest absolute Gasteiger partial charge is 0.226 e. The van der Waals surface area contributed by atoms with Gasteiger partial charge in [-0.15, -0.1) is 24.0 Å². The molecule has 1 N–H and O–H groups in total. The number of hydrogen-bond donors (Lipinski definition) is 1. The summed E-state index contributed by atoms with van der Waals surface area (Å²) in [6.07, 6.45) is 7.89. The van der Waals surface area contributed by atoms with E-state index in [0.29, 0.717) is 12.4 Å². The predicted molar refractivity (Wildman–Crippen MR) is 124 cm³/mol. The zero-order valence-corrected chi connectivity index (χ0v) is 19.3. The van der Waals surface area contributed by atoms with Crippen molar-refractivity contribution in [3.8, 4) is 11.5 Å². The Hall–Kier alpha value is -1.64. The van der Waals surface area contributed by atoms with E-state index in [1.54, 1.807) is 18.4 Å². The molecule has 158 valence electrons. The molecule has 1 saturated heterocycles. The van der Waals surface area contributed by atoms with Crippen molar-refractivity contribution in [1.82, 2.24) is 15.2 Å². The van der Waals surface area contributed by atoms with Crippen LogP contribution in [-0.4, -0.2) is 42.0 Å². The number of nitrogens with zero attached hydrogens (tertiary/aromatic N) is 3. The van der Waals surface area contributed by atoms with Crippen LogP contribution < -0.4 is 5.32 Å². The second kappa shape index (κ2) is 10.4. The van der Waals surface area contributed by atoms with Crippen molar-refractivity contribution in [2.45, 2.75) is 39.0 Å². The van der Waals surface area contributed by atoms with Gasteiger partial charge in [0, 0.05) is 38.2 Å². The van der Waals surface area contributed by atoms with Crippen molar-refractivity contribution in [2.75, 3.05) is 26.2 Å². The van der Waals surface area contributed by atoms with Crippen molar-refractivity contribution in [2.24, 2.45) is 16.8 Å². The maximum atomic E-state index is 13.1. The number of fused-ring (bicyclic) bond motifs is 1. The largest absolute Gasteiger partial charge is 0.444 e. The lowest BCUT2D eigenvalue weighted by Gasteiger charge is -2.22. The van der Waals surface area contributed by atoms with Crippen LogP contribution in [0.15, 0.2) is 39.9 Å². The molecule has 2 aromatic rings. The third-order valence-electron chi connectivity index (χ3n) is 5.88. The van der Waals surface area contributed by atoms with E-state index >= 15 is 0 Å². The van der Waals surface area contributed by atoms with Crippen LogP contribution in [0.25, 0.3) is 11.5 Å². The Kier molecular flexibility index (Phi) is 7.91. The Labute approximate surface area is 189 Å². The van der Waals surface area contributed by atoms with Crippen LogP contribution in [0.2, 0.25) is 0 Å². The van der Waals surface area contributed by atoms with Gasteiger partial charge in [-0.1, -0.05) is 12.8 Å². The molecule has 0 spiro atoms. The van der Waals surface area contributed by atoms with Crippen LogP contribution in [0.5, 0.6) is 0 Å². The summed E-state index contributed by atoms with van der Waals surface area (Å²) < 4.78 is 18.6. The molecule has 4 rings (SSSR count). The number of guanidine groups is 1. The molecule has 29 heavy (non-hydrogen) atoms. The van der Waals surface area contributed by atoms with E-state index in [4.69, 9.17) is 9.41 Å². The molecule has 2 aliphatic rings. The van der Waals surface area contributed by atoms with Crippen LogP contribution in [0, 0.1) is 17.7 Å². The highest BCUT2D eigenvalue weighted by Gasteiger charge is 2.35. The van der Waals surface area contributed by atoms with Gasteiger partial charge < -0.3 is 14.6 Å². The fraction of sp³-hybridized carbons (Fsp3) is 0.545. The summed E-state index contributed by atoms with van der Waals surface area (Å²) in [7, 11) is 0. The van der Waals surface area contributed by atoms with Crippen LogP contribution in [0.3, 0.4) is 0 Å². The summed E-state index contributed by atoms with van der Waals surface area (Å²) in [6, 6.07) is 6.19. The normalized spacial score (nSPS) is 21.6. The van der Waals surface area contributed by atoms with Crippen LogP contribution in [0.1, 0.15) is 38.3 Å². The highest BCUT2D eigenvalue weighted by Crippen LogP contribution is 2.35. The molecule has 2 atom stereocenters. The number of benzene rings is 1. The molecule has 1 aromatic carbocycles. The van der Waals surface area contributed by atoms with Crippen molar-refractivity contribution in [3.63, 3.8) is 0 Å². The Morgan fingerprint density at radius 2 is 1.90 bits per heavy atom. The summed E-state index contributed by atoms with van der Waals surface area (Å²) in [4.78, 5) is 11.8. The Morgan fingerprint density at radius 1 is 1.21 bits per heavy atom. The first-order valence-electron chi connectivity index (χ1n) is 10.5. The van der Waals surface area contributed by atoms with Crippen LogP contribution in [-0.2, 0) is 6.42 Å². The standard InChI is InChI=1S/C22H29FN4O.HI/c1-2-24-22(27-13-17-5-3-4-6-18(17)14-27)25-12-11-20-15-28-21(26-20)16-7-9-19(23)10-8-16;/h7-10,15,17-18H,2-6,11-14H2,1H3,(H,24,25);1H. The lowest BCUT2D eigenvalue weighted by atomic mass is 9.82. The number of aromatic nitrogens is 1. The molecule has 1 aliphatic carbocycles. The van der Waals surface area contributed by atoms with Crippen molar-refractivity contribution in [1.29, 1.82) is 0 Å². The van der Waals surface area contributed by atoms with Crippen molar-refractivity contribution in [3.05, 3.63) is 42.0 Å². The maximum Gasteiger partial charge on any atom is 0.226 e. The summed E-state index contributed by atoms with van der Waals surface area (Å²) in [6.45, 7) is 5.93. The number of aliphatic imine (C=N–C) groups is 1. The monoisotopic (exact) mass is 512 g/mol. The van der Waals surface area contributed by atoms with Gasteiger partial charge in [0.25, 0.3) is 0 Å². The molecule has 7 heteroatoms. The number of nitrogens with one attached hydrogen (secondary N) is 1. The molecule has 5 nitrogen and oxygen atoms in total. The van der Waals surface area contributed by atoms with Gasteiger partial charge in [-0.05, 0) is 55.9 Å². The van der Waals surface area contributed by atoms with Crippen LogP contribution in [0.4, 0.5) is 4.39 Å². The minimum Gasteiger partial charge on any atom is -0.444 e. The van der Waals surface area contributed by atoms with E-state index in [0.717, 1.165) is 55.1 Å². The average Bonchev–Trinajstić information content (AvgIpc) is 3.35. The molecule has 1 aromatic heterocycles. The van der Waals surface area contributed by atoms with E-state index in [2.05, 4.69) is 22.1 Å². The topological polar surface area (TPSA) is 53.7 Å². The predicted octanol–water partition coefficient (Wildman–Crippen LogP) is 4.73. The molecule has 0 amide bonds. The molecule has 2 unspecified atom stereocenters. The lowest BCUT2D eigenvalue weighted by molar-refractivity contribution is 0.299. The second-order valence-corrected chi connectivity index (χ2v) is 7.85. The molecule has 1 aliphatic heterocycles. The van der Waals surface area contributed by atoms with Gasteiger partial charge in [-0.2, -0.15) is 0 Å². The minimum absolute atomic E-state index is 0. The molecule has 2 fully saturated rings. The second-order valence-electron chi connectivity index (χ2n) is 7.85. The number of rotatable bonds is 5. The average molecular weight is 512 g/mol. The van der Waals surface area contributed by atoms with Crippen LogP contribution >= 0.6 is 24.0 Å². The van der Waals surface area contributed by atoms with E-state index in [1.807, 2.05) is 0 Å². The molecular formula is C22H30FIN4O. The number of likely N-dealkylation sites (tertiary alicyclic amines) is 1. The van der Waals surface area contributed by atoms with Gasteiger partial charge in [0.15, 0.2) is 5.96 Å². The Bertz CT molecular complexity index is 793. The number of oxazole rings is 1.